The van der Waals surface area contributed by atoms with Gasteiger partial charge in [0.15, 0.2) is 0 Å². The highest BCUT2D eigenvalue weighted by molar-refractivity contribution is 5.66. The van der Waals surface area contributed by atoms with Gasteiger partial charge < -0.3 is 4.79 Å². The van der Waals surface area contributed by atoms with Crippen molar-refractivity contribution in [3.8, 4) is 6.07 Å². The molecule has 2 nitrogen and oxygen atoms in total. The van der Waals surface area contributed by atoms with E-state index in [4.69, 9.17) is 5.26 Å². The standard InChI is InChI=1S/C17H15NO/c1-13-3-2-4-15(9-13)10-14-5-7-16(8-6-14)17(11-18)12-19/h2-9,12,17H,10H2,1H3. The van der Waals surface area contributed by atoms with Gasteiger partial charge in [-0.05, 0) is 30.0 Å². The van der Waals surface area contributed by atoms with Crippen LogP contribution in [0.25, 0.3) is 0 Å². The third-order valence-electron chi connectivity index (χ3n) is 3.10. The van der Waals surface area contributed by atoms with Gasteiger partial charge in [0, 0.05) is 0 Å². The highest BCUT2D eigenvalue weighted by Crippen LogP contribution is 2.16. The molecule has 2 rings (SSSR count). The van der Waals surface area contributed by atoms with Gasteiger partial charge in [-0.15, -0.1) is 0 Å². The van der Waals surface area contributed by atoms with E-state index in [1.165, 1.54) is 16.7 Å². The van der Waals surface area contributed by atoms with E-state index in [9.17, 15) is 4.79 Å². The molecule has 0 radical (unpaired) electrons. The zero-order chi connectivity index (χ0) is 13.7. The summed E-state index contributed by atoms with van der Waals surface area (Å²) in [7, 11) is 0. The lowest BCUT2D eigenvalue weighted by atomic mass is 9.98. The van der Waals surface area contributed by atoms with E-state index in [2.05, 4.69) is 31.2 Å². The topological polar surface area (TPSA) is 40.9 Å². The van der Waals surface area contributed by atoms with E-state index < -0.39 is 5.92 Å². The number of rotatable bonds is 4. The molecular weight excluding hydrogens is 234 g/mol. The molecule has 1 unspecified atom stereocenters. The fraction of sp³-hybridized carbons (Fsp3) is 0.176. The largest absolute Gasteiger partial charge is 0.302 e. The average Bonchev–Trinajstić information content (AvgIpc) is 2.42. The predicted molar refractivity (Wildman–Crippen MR) is 74.8 cm³/mol. The van der Waals surface area contributed by atoms with E-state index in [1.807, 2.05) is 30.3 Å². The first kappa shape index (κ1) is 13.0. The van der Waals surface area contributed by atoms with Crippen LogP contribution in [0.2, 0.25) is 0 Å². The molecule has 0 amide bonds. The van der Waals surface area contributed by atoms with Gasteiger partial charge in [-0.25, -0.2) is 0 Å². The number of carbonyl (C=O) groups excluding carboxylic acids is 1. The minimum Gasteiger partial charge on any atom is -0.302 e. The Hall–Kier alpha value is -2.40. The Morgan fingerprint density at radius 3 is 2.47 bits per heavy atom. The van der Waals surface area contributed by atoms with Gasteiger partial charge in [-0.3, -0.25) is 0 Å². The number of hydrogen-bond donors (Lipinski definition) is 0. The lowest BCUT2D eigenvalue weighted by Crippen LogP contribution is -1.97. The lowest BCUT2D eigenvalue weighted by Gasteiger charge is -2.06. The number of nitrogens with zero attached hydrogens (tertiary/aromatic N) is 1. The Morgan fingerprint density at radius 1 is 1.16 bits per heavy atom. The van der Waals surface area contributed by atoms with Gasteiger partial charge in [0.2, 0.25) is 0 Å². The third kappa shape index (κ3) is 3.29. The molecule has 0 aliphatic carbocycles. The third-order valence-corrected chi connectivity index (χ3v) is 3.10. The maximum absolute atomic E-state index is 10.7. The maximum Gasteiger partial charge on any atom is 0.141 e. The second-order valence-electron chi connectivity index (χ2n) is 4.65. The minimum atomic E-state index is -0.659. The lowest BCUT2D eigenvalue weighted by molar-refractivity contribution is -0.108. The molecule has 0 saturated carbocycles. The van der Waals surface area contributed by atoms with Crippen molar-refractivity contribution in [2.75, 3.05) is 0 Å². The summed E-state index contributed by atoms with van der Waals surface area (Å²) < 4.78 is 0. The smallest absolute Gasteiger partial charge is 0.141 e. The van der Waals surface area contributed by atoms with Crippen molar-refractivity contribution < 1.29 is 4.79 Å². The van der Waals surface area contributed by atoms with Crippen LogP contribution in [0.3, 0.4) is 0 Å². The Labute approximate surface area is 113 Å². The second kappa shape index (κ2) is 5.97. The first-order chi connectivity index (χ1) is 9.22. The van der Waals surface area contributed by atoms with Crippen molar-refractivity contribution in [2.24, 2.45) is 0 Å². The summed E-state index contributed by atoms with van der Waals surface area (Å²) in [6.07, 6.45) is 1.54. The number of carbonyl (C=O) groups is 1. The highest BCUT2D eigenvalue weighted by atomic mass is 16.1. The number of aryl methyl sites for hydroxylation is 1. The number of aldehydes is 1. The van der Waals surface area contributed by atoms with Crippen LogP contribution in [0.15, 0.2) is 48.5 Å². The quantitative estimate of drug-likeness (QED) is 0.779. The molecule has 0 saturated heterocycles. The van der Waals surface area contributed by atoms with Crippen LogP contribution < -0.4 is 0 Å². The zero-order valence-corrected chi connectivity index (χ0v) is 10.8. The van der Waals surface area contributed by atoms with Gasteiger partial charge >= 0.3 is 0 Å². The van der Waals surface area contributed by atoms with Crippen molar-refractivity contribution in [2.45, 2.75) is 19.3 Å². The molecular formula is C17H15NO. The predicted octanol–water partition coefficient (Wildman–Crippen LogP) is 3.39. The molecule has 0 N–H and O–H groups in total. The second-order valence-corrected chi connectivity index (χ2v) is 4.65. The molecule has 19 heavy (non-hydrogen) atoms. The molecule has 0 aliphatic heterocycles. The molecule has 0 fully saturated rings. The molecule has 2 aromatic carbocycles. The Morgan fingerprint density at radius 2 is 1.89 bits per heavy atom. The Bertz CT molecular complexity index is 608. The molecule has 0 aromatic heterocycles. The van der Waals surface area contributed by atoms with Crippen LogP contribution in [0.1, 0.15) is 28.2 Å². The molecule has 94 valence electrons. The molecule has 0 spiro atoms. The van der Waals surface area contributed by atoms with Gasteiger partial charge in [0.05, 0.1) is 6.07 Å². The van der Waals surface area contributed by atoms with Crippen LogP contribution in [-0.2, 0) is 11.2 Å². The van der Waals surface area contributed by atoms with Crippen LogP contribution in [0.5, 0.6) is 0 Å². The van der Waals surface area contributed by atoms with Crippen LogP contribution in [-0.4, -0.2) is 6.29 Å². The van der Waals surface area contributed by atoms with Crippen LogP contribution >= 0.6 is 0 Å². The Kier molecular flexibility index (Phi) is 4.10. The molecule has 0 bridgehead atoms. The summed E-state index contributed by atoms with van der Waals surface area (Å²) in [6, 6.07) is 18.0. The summed E-state index contributed by atoms with van der Waals surface area (Å²) in [5.41, 5.74) is 4.45. The first-order valence-corrected chi connectivity index (χ1v) is 6.22. The maximum atomic E-state index is 10.7. The summed E-state index contributed by atoms with van der Waals surface area (Å²) in [5, 5.41) is 8.83. The molecule has 2 heteroatoms. The molecule has 0 aliphatic rings. The van der Waals surface area contributed by atoms with Crippen molar-refractivity contribution in [3.05, 3.63) is 70.8 Å². The monoisotopic (exact) mass is 249 g/mol. The summed E-state index contributed by atoms with van der Waals surface area (Å²) in [5.74, 6) is -0.659. The summed E-state index contributed by atoms with van der Waals surface area (Å²) in [4.78, 5) is 10.7. The number of hydrogen-bond acceptors (Lipinski definition) is 2. The molecule has 0 heterocycles. The van der Waals surface area contributed by atoms with Crippen molar-refractivity contribution in [1.82, 2.24) is 0 Å². The van der Waals surface area contributed by atoms with Crippen LogP contribution in [0.4, 0.5) is 0 Å². The van der Waals surface area contributed by atoms with E-state index in [-0.39, 0.29) is 0 Å². The van der Waals surface area contributed by atoms with Crippen molar-refractivity contribution in [1.29, 1.82) is 5.26 Å². The fourth-order valence-electron chi connectivity index (χ4n) is 2.08. The summed E-state index contributed by atoms with van der Waals surface area (Å²) in [6.45, 7) is 2.08. The molecule has 2 aromatic rings. The van der Waals surface area contributed by atoms with Gasteiger partial charge in [-0.1, -0.05) is 54.1 Å². The zero-order valence-electron chi connectivity index (χ0n) is 10.8. The number of nitriles is 1. The normalized spacial score (nSPS) is 11.6. The SMILES string of the molecule is Cc1cccc(Cc2ccc(C(C#N)C=O)cc2)c1. The van der Waals surface area contributed by atoms with E-state index in [1.54, 1.807) is 0 Å². The highest BCUT2D eigenvalue weighted by Gasteiger charge is 2.08. The van der Waals surface area contributed by atoms with Gasteiger partial charge in [-0.2, -0.15) is 5.26 Å². The van der Waals surface area contributed by atoms with E-state index in [0.29, 0.717) is 6.29 Å². The van der Waals surface area contributed by atoms with Gasteiger partial charge in [0.25, 0.3) is 0 Å². The minimum absolute atomic E-state index is 0.659. The van der Waals surface area contributed by atoms with E-state index in [0.717, 1.165) is 12.0 Å². The van der Waals surface area contributed by atoms with Crippen LogP contribution in [0, 0.1) is 18.3 Å². The average molecular weight is 249 g/mol. The van der Waals surface area contributed by atoms with Crippen molar-refractivity contribution in [3.63, 3.8) is 0 Å². The van der Waals surface area contributed by atoms with Crippen molar-refractivity contribution >= 4 is 6.29 Å². The first-order valence-electron chi connectivity index (χ1n) is 6.22. The fourth-order valence-corrected chi connectivity index (χ4v) is 2.08. The molecule has 1 atom stereocenters. The van der Waals surface area contributed by atoms with E-state index >= 15 is 0 Å². The Balaban J connectivity index is 2.15. The van der Waals surface area contributed by atoms with Gasteiger partial charge in [0.1, 0.15) is 12.2 Å². The number of benzene rings is 2. The summed E-state index contributed by atoms with van der Waals surface area (Å²) >= 11 is 0.